The van der Waals surface area contributed by atoms with E-state index in [1.807, 2.05) is 0 Å². The number of sulfone groups is 1. The predicted octanol–water partition coefficient (Wildman–Crippen LogP) is 1.28. The Balaban J connectivity index is 2.16. The first-order valence-corrected chi connectivity index (χ1v) is 9.06. The van der Waals surface area contributed by atoms with Gasteiger partial charge in [-0.15, -0.1) is 0 Å². The van der Waals surface area contributed by atoms with Gasteiger partial charge in [0.15, 0.2) is 9.84 Å². The van der Waals surface area contributed by atoms with Gasteiger partial charge in [-0.25, -0.2) is 8.42 Å². The van der Waals surface area contributed by atoms with Gasteiger partial charge in [0.05, 0.1) is 16.2 Å². The molecule has 0 fully saturated rings. The molecule has 0 radical (unpaired) electrons. The van der Waals surface area contributed by atoms with Gasteiger partial charge in [-0.3, -0.25) is 20.4 Å². The van der Waals surface area contributed by atoms with Crippen LogP contribution in [0.5, 0.6) is 0 Å². The third kappa shape index (κ3) is 3.83. The second kappa shape index (κ2) is 7.31. The van der Waals surface area contributed by atoms with E-state index in [1.54, 1.807) is 49.0 Å². The molecule has 128 valence electrons. The van der Waals surface area contributed by atoms with Gasteiger partial charge in [0.2, 0.25) is 0 Å². The molecular formula is C16H19N3O4S. The zero-order chi connectivity index (χ0) is 17.7. The lowest BCUT2D eigenvalue weighted by molar-refractivity contribution is 0.0840. The highest BCUT2D eigenvalue weighted by atomic mass is 32.2. The maximum atomic E-state index is 12.3. The second-order valence-electron chi connectivity index (χ2n) is 5.23. The van der Waals surface area contributed by atoms with Gasteiger partial charge in [0.1, 0.15) is 5.69 Å². The van der Waals surface area contributed by atoms with Crippen LogP contribution in [0.3, 0.4) is 0 Å². The molecule has 24 heavy (non-hydrogen) atoms. The zero-order valence-corrected chi connectivity index (χ0v) is 14.3. The third-order valence-corrected chi connectivity index (χ3v) is 5.38. The molecule has 7 nitrogen and oxygen atoms in total. The van der Waals surface area contributed by atoms with Gasteiger partial charge in [0, 0.05) is 13.2 Å². The van der Waals surface area contributed by atoms with Crippen molar-refractivity contribution >= 4 is 21.7 Å². The van der Waals surface area contributed by atoms with Gasteiger partial charge < -0.3 is 4.57 Å². The maximum Gasteiger partial charge on any atom is 0.286 e. The molecule has 0 saturated heterocycles. The van der Waals surface area contributed by atoms with Crippen molar-refractivity contribution in [2.75, 3.05) is 5.75 Å². The van der Waals surface area contributed by atoms with Gasteiger partial charge in [-0.2, -0.15) is 0 Å². The molecule has 0 bridgehead atoms. The Bertz CT molecular complexity index is 856. The molecule has 0 aliphatic rings. The number of nitrogens with one attached hydrogen (secondary N) is 2. The molecule has 1 aromatic carbocycles. The summed E-state index contributed by atoms with van der Waals surface area (Å²) in [5, 5.41) is 0. The number of hydrogen-bond acceptors (Lipinski definition) is 4. The Hall–Kier alpha value is -2.61. The first-order valence-electron chi connectivity index (χ1n) is 7.40. The van der Waals surface area contributed by atoms with Crippen LogP contribution in [0.1, 0.15) is 34.2 Å². The minimum Gasteiger partial charge on any atom is -0.347 e. The van der Waals surface area contributed by atoms with E-state index in [1.165, 1.54) is 12.1 Å². The zero-order valence-electron chi connectivity index (χ0n) is 13.4. The number of rotatable bonds is 5. The summed E-state index contributed by atoms with van der Waals surface area (Å²) in [6, 6.07) is 9.22. The van der Waals surface area contributed by atoms with Crippen LogP contribution < -0.4 is 10.9 Å². The number of nitrogens with zero attached hydrogens (tertiary/aromatic N) is 1. The summed E-state index contributed by atoms with van der Waals surface area (Å²) < 4.78 is 26.1. The molecule has 0 spiro atoms. The minimum absolute atomic E-state index is 0.00173. The number of carbonyl (C=O) groups excluding carboxylic acids is 2. The molecule has 0 unspecified atom stereocenters. The van der Waals surface area contributed by atoms with E-state index >= 15 is 0 Å². The highest BCUT2D eigenvalue weighted by Crippen LogP contribution is 2.17. The molecule has 0 saturated carbocycles. The molecule has 2 N–H and O–H groups in total. The molecule has 2 aromatic rings. The van der Waals surface area contributed by atoms with E-state index in [-0.39, 0.29) is 16.2 Å². The van der Waals surface area contributed by atoms with Crippen molar-refractivity contribution in [2.24, 2.45) is 7.05 Å². The molecule has 1 aromatic heterocycles. The topological polar surface area (TPSA) is 97.3 Å². The van der Waals surface area contributed by atoms with Crippen molar-refractivity contribution in [3.63, 3.8) is 0 Å². The summed E-state index contributed by atoms with van der Waals surface area (Å²) in [5.74, 6) is -1.23. The molecule has 1 heterocycles. The number of benzene rings is 1. The summed E-state index contributed by atoms with van der Waals surface area (Å²) >= 11 is 0. The smallest absolute Gasteiger partial charge is 0.286 e. The van der Waals surface area contributed by atoms with Crippen LogP contribution in [0.25, 0.3) is 0 Å². The van der Waals surface area contributed by atoms with Crippen molar-refractivity contribution in [2.45, 2.75) is 18.2 Å². The largest absolute Gasteiger partial charge is 0.347 e. The maximum absolute atomic E-state index is 12.3. The summed E-state index contributed by atoms with van der Waals surface area (Å²) in [6.45, 7) is 1.75. The number of hydrogen-bond donors (Lipinski definition) is 2. The molecular weight excluding hydrogens is 330 g/mol. The Morgan fingerprint density at radius 3 is 2.33 bits per heavy atom. The fraction of sp³-hybridized carbons (Fsp3) is 0.250. The highest BCUT2D eigenvalue weighted by Gasteiger charge is 2.21. The summed E-state index contributed by atoms with van der Waals surface area (Å²) in [4.78, 5) is 24.2. The molecule has 0 atom stereocenters. The Morgan fingerprint density at radius 2 is 1.71 bits per heavy atom. The predicted molar refractivity (Wildman–Crippen MR) is 89.1 cm³/mol. The lowest BCUT2D eigenvalue weighted by atomic mass is 10.2. The average Bonchev–Trinajstić information content (AvgIpc) is 2.98. The number of aryl methyl sites for hydroxylation is 1. The number of hydrazine groups is 1. The van der Waals surface area contributed by atoms with Crippen molar-refractivity contribution in [3.8, 4) is 0 Å². The van der Waals surface area contributed by atoms with Crippen molar-refractivity contribution < 1.29 is 18.0 Å². The highest BCUT2D eigenvalue weighted by molar-refractivity contribution is 7.91. The van der Waals surface area contributed by atoms with Gasteiger partial charge >= 0.3 is 0 Å². The fourth-order valence-corrected chi connectivity index (χ4v) is 3.79. The van der Waals surface area contributed by atoms with Gasteiger partial charge in [0.25, 0.3) is 11.8 Å². The van der Waals surface area contributed by atoms with Gasteiger partial charge in [-0.05, 0) is 30.7 Å². The fourth-order valence-electron chi connectivity index (χ4n) is 2.25. The Labute approximate surface area is 140 Å². The minimum atomic E-state index is -3.55. The normalized spacial score (nSPS) is 11.1. The van der Waals surface area contributed by atoms with Crippen molar-refractivity contribution in [1.29, 1.82) is 0 Å². The van der Waals surface area contributed by atoms with Crippen LogP contribution in [0.15, 0.2) is 47.5 Å². The third-order valence-electron chi connectivity index (χ3n) is 3.41. The lowest BCUT2D eigenvalue weighted by Crippen LogP contribution is -2.42. The average molecular weight is 349 g/mol. The molecule has 0 aliphatic carbocycles. The Kier molecular flexibility index (Phi) is 5.40. The number of aromatic nitrogens is 1. The van der Waals surface area contributed by atoms with Crippen LogP contribution in [-0.2, 0) is 16.9 Å². The summed E-state index contributed by atoms with van der Waals surface area (Å²) in [5.41, 5.74) is 4.89. The summed E-state index contributed by atoms with van der Waals surface area (Å²) in [7, 11) is -1.85. The molecule has 2 rings (SSSR count). The van der Waals surface area contributed by atoms with Crippen LogP contribution in [0, 0.1) is 0 Å². The van der Waals surface area contributed by atoms with E-state index < -0.39 is 21.7 Å². The monoisotopic (exact) mass is 349 g/mol. The second-order valence-corrected chi connectivity index (χ2v) is 7.31. The molecule has 2 amide bonds. The van der Waals surface area contributed by atoms with E-state index in [2.05, 4.69) is 10.9 Å². The van der Waals surface area contributed by atoms with E-state index in [0.29, 0.717) is 12.1 Å². The van der Waals surface area contributed by atoms with Crippen LogP contribution in [-0.4, -0.2) is 30.6 Å². The molecule has 0 aliphatic heterocycles. The van der Waals surface area contributed by atoms with Crippen molar-refractivity contribution in [3.05, 3.63) is 53.9 Å². The van der Waals surface area contributed by atoms with Crippen LogP contribution in [0.2, 0.25) is 0 Å². The summed E-state index contributed by atoms with van der Waals surface area (Å²) in [6.07, 6.45) is 2.14. The first kappa shape index (κ1) is 17.7. The van der Waals surface area contributed by atoms with Crippen LogP contribution in [0.4, 0.5) is 0 Å². The van der Waals surface area contributed by atoms with E-state index in [9.17, 15) is 18.0 Å². The van der Waals surface area contributed by atoms with E-state index in [4.69, 9.17) is 0 Å². The van der Waals surface area contributed by atoms with Crippen molar-refractivity contribution in [1.82, 2.24) is 15.4 Å². The SMILES string of the molecule is CCCS(=O)(=O)c1ccccc1C(=O)NNC(=O)c1cccn1C. The number of amides is 2. The van der Waals surface area contributed by atoms with E-state index in [0.717, 1.165) is 0 Å². The Morgan fingerprint density at radius 1 is 1.04 bits per heavy atom. The lowest BCUT2D eigenvalue weighted by Gasteiger charge is -2.11. The first-order chi connectivity index (χ1) is 11.4. The number of carbonyl (C=O) groups is 2. The quantitative estimate of drug-likeness (QED) is 0.795. The van der Waals surface area contributed by atoms with Gasteiger partial charge in [-0.1, -0.05) is 19.1 Å². The molecule has 8 heteroatoms. The van der Waals surface area contributed by atoms with Crippen LogP contribution >= 0.6 is 0 Å². The standard InChI is InChI=1S/C16H19N3O4S/c1-3-11-24(22,23)14-9-5-4-7-12(14)15(20)17-18-16(21)13-8-6-10-19(13)2/h4-10H,3,11H2,1-2H3,(H,17,20)(H,18,21).